The van der Waals surface area contributed by atoms with Crippen molar-refractivity contribution < 1.29 is 14.3 Å². The standard InChI is InChI=1S/C27H36N4O3/c1-16-6-7-22(32)20(23(12-16)34-5)14-29-27(33)25-18(3)24(26-21(25)13-28-15-30-26)17(2)19-8-10-31(4)11-9-19/h12-13,15,17,19,24H,6-11,14H2,1-5H3,(H,29,33). The van der Waals surface area contributed by atoms with E-state index in [1.54, 1.807) is 19.6 Å². The molecule has 0 bridgehead atoms. The third-order valence-corrected chi connectivity index (χ3v) is 7.83. The number of ether oxygens (including phenoxy) is 1. The van der Waals surface area contributed by atoms with Crippen LogP contribution >= 0.6 is 0 Å². The molecule has 7 nitrogen and oxygen atoms in total. The summed E-state index contributed by atoms with van der Waals surface area (Å²) in [7, 11) is 3.74. The van der Waals surface area contributed by atoms with Crippen molar-refractivity contribution >= 4 is 17.3 Å². The summed E-state index contributed by atoms with van der Waals surface area (Å²) in [5.41, 5.74) is 5.06. The van der Waals surface area contributed by atoms with Crippen LogP contribution in [0.5, 0.6) is 0 Å². The second kappa shape index (κ2) is 10.2. The summed E-state index contributed by atoms with van der Waals surface area (Å²) in [6, 6.07) is 0. The number of nitrogens with one attached hydrogen (secondary N) is 1. The van der Waals surface area contributed by atoms with E-state index >= 15 is 0 Å². The molecule has 0 saturated carbocycles. The number of fused-ring (bicyclic) bond motifs is 1. The fraction of sp³-hybridized carbons (Fsp3) is 0.556. The van der Waals surface area contributed by atoms with Gasteiger partial charge in [-0.25, -0.2) is 9.97 Å². The number of rotatable bonds is 6. The van der Waals surface area contributed by atoms with Crippen molar-refractivity contribution in [3.05, 3.63) is 52.3 Å². The van der Waals surface area contributed by atoms with Crippen LogP contribution in [0.3, 0.4) is 0 Å². The van der Waals surface area contributed by atoms with Crippen molar-refractivity contribution in [1.82, 2.24) is 20.2 Å². The summed E-state index contributed by atoms with van der Waals surface area (Å²) in [4.78, 5) is 37.4. The van der Waals surface area contributed by atoms with Crippen LogP contribution < -0.4 is 5.32 Å². The number of allylic oxidation sites excluding steroid dienone is 3. The molecule has 182 valence electrons. The van der Waals surface area contributed by atoms with E-state index in [4.69, 9.17) is 4.74 Å². The third kappa shape index (κ3) is 4.71. The first kappa shape index (κ1) is 24.3. The molecule has 0 aromatic carbocycles. The minimum atomic E-state index is -0.188. The van der Waals surface area contributed by atoms with Gasteiger partial charge in [0.05, 0.1) is 24.9 Å². The average molecular weight is 465 g/mol. The SMILES string of the molecule is COC1=C(CNC(=O)C2=C(C)C(C(C)C3CCN(C)CC3)c3ncncc32)C(=O)CCC(C)=C1. The van der Waals surface area contributed by atoms with Crippen LogP contribution in [0, 0.1) is 11.8 Å². The van der Waals surface area contributed by atoms with Crippen molar-refractivity contribution in [3.8, 4) is 0 Å². The maximum Gasteiger partial charge on any atom is 0.252 e. The summed E-state index contributed by atoms with van der Waals surface area (Å²) < 4.78 is 5.48. The lowest BCUT2D eigenvalue weighted by Crippen LogP contribution is -2.34. The Labute approximate surface area is 202 Å². The Kier molecular flexibility index (Phi) is 7.31. The van der Waals surface area contributed by atoms with E-state index < -0.39 is 0 Å². The largest absolute Gasteiger partial charge is 0.496 e. The zero-order valence-electron chi connectivity index (χ0n) is 21.0. The molecule has 1 aliphatic heterocycles. The molecule has 1 aromatic rings. The smallest absolute Gasteiger partial charge is 0.252 e. The van der Waals surface area contributed by atoms with Gasteiger partial charge in [0.15, 0.2) is 5.78 Å². The number of carbonyl (C=O) groups excluding carboxylic acids is 2. The number of hydrogen-bond donors (Lipinski definition) is 1. The number of ketones is 1. The van der Waals surface area contributed by atoms with Gasteiger partial charge < -0.3 is 15.0 Å². The number of methoxy groups -OCH3 is 1. The molecule has 4 rings (SSSR count). The third-order valence-electron chi connectivity index (χ3n) is 7.83. The molecule has 3 aliphatic rings. The first-order chi connectivity index (χ1) is 16.3. The maximum atomic E-state index is 13.5. The van der Waals surface area contributed by atoms with Gasteiger partial charge in [-0.1, -0.05) is 18.1 Å². The van der Waals surface area contributed by atoms with E-state index in [2.05, 4.69) is 41.1 Å². The Hall–Kier alpha value is -2.80. The van der Waals surface area contributed by atoms with Crippen LogP contribution in [0.4, 0.5) is 0 Å². The highest BCUT2D eigenvalue weighted by Gasteiger charge is 2.39. The molecule has 34 heavy (non-hydrogen) atoms. The van der Waals surface area contributed by atoms with E-state index in [0.717, 1.165) is 48.3 Å². The van der Waals surface area contributed by atoms with E-state index in [0.29, 0.717) is 41.6 Å². The highest BCUT2D eigenvalue weighted by atomic mass is 16.5. The van der Waals surface area contributed by atoms with Gasteiger partial charge in [-0.15, -0.1) is 0 Å². The van der Waals surface area contributed by atoms with Crippen molar-refractivity contribution in [3.63, 3.8) is 0 Å². The van der Waals surface area contributed by atoms with Gasteiger partial charge in [-0.2, -0.15) is 0 Å². The molecule has 2 heterocycles. The Morgan fingerprint density at radius 3 is 2.71 bits per heavy atom. The van der Waals surface area contributed by atoms with Gasteiger partial charge in [0.25, 0.3) is 5.91 Å². The fourth-order valence-electron chi connectivity index (χ4n) is 5.73. The summed E-state index contributed by atoms with van der Waals surface area (Å²) in [6.45, 7) is 8.68. The van der Waals surface area contributed by atoms with Crippen molar-refractivity contribution in [2.24, 2.45) is 11.8 Å². The molecule has 7 heteroatoms. The number of likely N-dealkylation sites (tertiary alicyclic amines) is 1. The Bertz CT molecular complexity index is 1060. The van der Waals surface area contributed by atoms with Crippen LogP contribution in [0.2, 0.25) is 0 Å². The highest BCUT2D eigenvalue weighted by molar-refractivity contribution is 6.22. The molecule has 2 atom stereocenters. The topological polar surface area (TPSA) is 84.4 Å². The number of piperidine rings is 1. The summed E-state index contributed by atoms with van der Waals surface area (Å²) in [6.07, 6.45) is 8.68. The lowest BCUT2D eigenvalue weighted by atomic mass is 9.75. The lowest BCUT2D eigenvalue weighted by Gasteiger charge is -2.36. The number of aromatic nitrogens is 2. The Balaban J connectivity index is 1.59. The van der Waals surface area contributed by atoms with Crippen molar-refractivity contribution in [2.75, 3.05) is 33.8 Å². The quantitative estimate of drug-likeness (QED) is 0.692. The first-order valence-corrected chi connectivity index (χ1v) is 12.3. The molecule has 1 fully saturated rings. The molecule has 2 aliphatic carbocycles. The number of carbonyl (C=O) groups is 2. The van der Waals surface area contributed by atoms with E-state index in [1.165, 1.54) is 0 Å². The molecular weight excluding hydrogens is 428 g/mol. The number of amides is 1. The monoisotopic (exact) mass is 464 g/mol. The van der Waals surface area contributed by atoms with Crippen molar-refractivity contribution in [1.29, 1.82) is 0 Å². The molecule has 1 aromatic heterocycles. The Morgan fingerprint density at radius 2 is 2.00 bits per heavy atom. The van der Waals surface area contributed by atoms with Crippen molar-refractivity contribution in [2.45, 2.75) is 52.4 Å². The minimum Gasteiger partial charge on any atom is -0.496 e. The van der Waals surface area contributed by atoms with Crippen LogP contribution in [0.15, 0.2) is 41.1 Å². The number of Topliss-reactive ketones (excluding diaryl/α,β-unsaturated/α-hetero) is 1. The van der Waals surface area contributed by atoms with Gasteiger partial charge in [-0.05, 0) is 71.2 Å². The number of nitrogens with zero attached hydrogens (tertiary/aromatic N) is 3. The summed E-state index contributed by atoms with van der Waals surface area (Å²) in [5.74, 6) is 1.44. The summed E-state index contributed by atoms with van der Waals surface area (Å²) in [5, 5.41) is 3.00. The Morgan fingerprint density at radius 1 is 1.26 bits per heavy atom. The fourth-order valence-corrected chi connectivity index (χ4v) is 5.73. The molecule has 0 spiro atoms. The van der Waals surface area contributed by atoms with Crippen LogP contribution in [0.1, 0.15) is 63.6 Å². The van der Waals surface area contributed by atoms with Gasteiger partial charge in [0.1, 0.15) is 12.1 Å². The second-order valence-corrected chi connectivity index (χ2v) is 10.0. The second-order valence-electron chi connectivity index (χ2n) is 10.0. The van der Waals surface area contributed by atoms with E-state index in [1.807, 2.05) is 13.0 Å². The molecule has 1 saturated heterocycles. The van der Waals surface area contributed by atoms with Gasteiger partial charge in [-0.3, -0.25) is 9.59 Å². The number of hydrogen-bond acceptors (Lipinski definition) is 6. The molecular formula is C27H36N4O3. The van der Waals surface area contributed by atoms with Crippen LogP contribution in [-0.2, 0) is 14.3 Å². The predicted octanol–water partition coefficient (Wildman–Crippen LogP) is 3.65. The van der Waals surface area contributed by atoms with Gasteiger partial charge >= 0.3 is 0 Å². The first-order valence-electron chi connectivity index (χ1n) is 12.3. The molecule has 2 unspecified atom stereocenters. The van der Waals surface area contributed by atoms with E-state index in [9.17, 15) is 9.59 Å². The zero-order valence-corrected chi connectivity index (χ0v) is 21.0. The van der Waals surface area contributed by atoms with E-state index in [-0.39, 0.29) is 24.2 Å². The molecule has 0 radical (unpaired) electrons. The van der Waals surface area contributed by atoms with Crippen LogP contribution in [0.25, 0.3) is 5.57 Å². The van der Waals surface area contributed by atoms with Gasteiger partial charge in [0, 0.05) is 29.7 Å². The summed E-state index contributed by atoms with van der Waals surface area (Å²) >= 11 is 0. The zero-order chi connectivity index (χ0) is 24.4. The average Bonchev–Trinajstić information content (AvgIpc) is 3.05. The van der Waals surface area contributed by atoms with Crippen LogP contribution in [-0.4, -0.2) is 60.4 Å². The minimum absolute atomic E-state index is 0.0138. The lowest BCUT2D eigenvalue weighted by molar-refractivity contribution is -0.116. The predicted molar refractivity (Wildman–Crippen MR) is 132 cm³/mol. The molecule has 1 N–H and O–H groups in total. The van der Waals surface area contributed by atoms with Gasteiger partial charge in [0.2, 0.25) is 0 Å². The normalized spacial score (nSPS) is 22.9. The molecule has 1 amide bonds. The highest BCUT2D eigenvalue weighted by Crippen LogP contribution is 2.47. The maximum absolute atomic E-state index is 13.5.